The van der Waals surface area contributed by atoms with E-state index in [0.717, 1.165) is 36.1 Å². The van der Waals surface area contributed by atoms with Crippen LogP contribution in [-0.2, 0) is 24.2 Å². The lowest BCUT2D eigenvalue weighted by molar-refractivity contribution is -0.113. The van der Waals surface area contributed by atoms with Gasteiger partial charge in [0.25, 0.3) is 0 Å². The van der Waals surface area contributed by atoms with E-state index in [1.807, 2.05) is 12.1 Å². The van der Waals surface area contributed by atoms with Crippen LogP contribution >= 0.6 is 23.4 Å². The molecule has 0 unspecified atom stereocenters. The van der Waals surface area contributed by atoms with E-state index in [4.69, 9.17) is 11.6 Å². The van der Waals surface area contributed by atoms with Gasteiger partial charge in [0, 0.05) is 34.4 Å². The summed E-state index contributed by atoms with van der Waals surface area (Å²) in [6, 6.07) is 10.8. The van der Waals surface area contributed by atoms with Crippen molar-refractivity contribution in [2.75, 3.05) is 11.1 Å². The third kappa shape index (κ3) is 4.68. The standard InChI is InChI=1S/C21H19ClN4O2S/c22-15-5-1-6-16(10-15)24-19(27)13-29-20-17-7-2-8-18(17)26(21(28)25-20)12-14-4-3-9-23-11-14/h1,3-6,9-11H,2,7-8,12-13H2,(H,24,27). The normalized spacial score (nSPS) is 12.6. The van der Waals surface area contributed by atoms with E-state index >= 15 is 0 Å². The molecular formula is C21H19ClN4O2S. The molecule has 1 aromatic carbocycles. The third-order valence-electron chi connectivity index (χ3n) is 4.71. The highest BCUT2D eigenvalue weighted by Crippen LogP contribution is 2.29. The highest BCUT2D eigenvalue weighted by molar-refractivity contribution is 8.00. The Bertz CT molecular complexity index is 1100. The SMILES string of the molecule is O=C(CSc1nc(=O)n(Cc2cccnc2)c2c1CCC2)Nc1cccc(Cl)c1. The zero-order chi connectivity index (χ0) is 20.2. The van der Waals surface area contributed by atoms with Crippen molar-refractivity contribution in [3.8, 4) is 0 Å². The lowest BCUT2D eigenvalue weighted by Gasteiger charge is -2.14. The number of nitrogens with one attached hydrogen (secondary N) is 1. The fourth-order valence-electron chi connectivity index (χ4n) is 3.44. The summed E-state index contributed by atoms with van der Waals surface area (Å²) in [5, 5.41) is 4.04. The van der Waals surface area contributed by atoms with Gasteiger partial charge < -0.3 is 5.32 Å². The molecule has 0 spiro atoms. The Morgan fingerprint density at radius 3 is 2.93 bits per heavy atom. The van der Waals surface area contributed by atoms with Crippen molar-refractivity contribution in [1.82, 2.24) is 14.5 Å². The maximum Gasteiger partial charge on any atom is 0.349 e. The molecule has 0 bridgehead atoms. The van der Waals surface area contributed by atoms with Crippen LogP contribution in [0.3, 0.4) is 0 Å². The van der Waals surface area contributed by atoms with Crippen molar-refractivity contribution in [3.63, 3.8) is 0 Å². The molecule has 0 saturated heterocycles. The smallest absolute Gasteiger partial charge is 0.325 e. The van der Waals surface area contributed by atoms with Gasteiger partial charge in [-0.2, -0.15) is 4.98 Å². The van der Waals surface area contributed by atoms with E-state index in [9.17, 15) is 9.59 Å². The molecule has 0 radical (unpaired) electrons. The Morgan fingerprint density at radius 1 is 1.24 bits per heavy atom. The summed E-state index contributed by atoms with van der Waals surface area (Å²) in [5.41, 5.74) is 3.42. The fourth-order valence-corrected chi connectivity index (χ4v) is 4.51. The van der Waals surface area contributed by atoms with Gasteiger partial charge in [-0.15, -0.1) is 0 Å². The minimum absolute atomic E-state index is 0.162. The molecule has 0 atom stereocenters. The number of halogens is 1. The fraction of sp³-hybridized carbons (Fsp3) is 0.238. The van der Waals surface area contributed by atoms with E-state index in [2.05, 4.69) is 15.3 Å². The maximum atomic E-state index is 12.7. The first kappa shape index (κ1) is 19.7. The van der Waals surface area contributed by atoms with Gasteiger partial charge in [-0.3, -0.25) is 14.3 Å². The van der Waals surface area contributed by atoms with Gasteiger partial charge in [0.1, 0.15) is 5.03 Å². The highest BCUT2D eigenvalue weighted by atomic mass is 35.5. The quantitative estimate of drug-likeness (QED) is 0.481. The number of hydrogen-bond donors (Lipinski definition) is 1. The number of hydrogen-bond acceptors (Lipinski definition) is 5. The minimum atomic E-state index is -0.285. The zero-order valence-electron chi connectivity index (χ0n) is 15.6. The molecule has 4 rings (SSSR count). The van der Waals surface area contributed by atoms with Gasteiger partial charge in [-0.1, -0.05) is 35.5 Å². The summed E-state index contributed by atoms with van der Waals surface area (Å²) in [7, 11) is 0. The molecule has 29 heavy (non-hydrogen) atoms. The van der Waals surface area contributed by atoms with E-state index in [1.54, 1.807) is 41.2 Å². The number of aromatic nitrogens is 3. The Labute approximate surface area is 177 Å². The van der Waals surface area contributed by atoms with E-state index in [1.165, 1.54) is 11.8 Å². The lowest BCUT2D eigenvalue weighted by atomic mass is 10.2. The number of nitrogens with zero attached hydrogens (tertiary/aromatic N) is 3. The molecule has 1 amide bonds. The molecule has 0 aliphatic heterocycles. The molecule has 148 valence electrons. The van der Waals surface area contributed by atoms with Gasteiger partial charge in [-0.25, -0.2) is 4.79 Å². The van der Waals surface area contributed by atoms with Crippen LogP contribution in [0, 0.1) is 0 Å². The van der Waals surface area contributed by atoms with Crippen LogP contribution in [0.15, 0.2) is 58.6 Å². The molecule has 2 aromatic heterocycles. The number of fused-ring (bicyclic) bond motifs is 1. The number of thioether (sulfide) groups is 1. The Morgan fingerprint density at radius 2 is 2.14 bits per heavy atom. The number of benzene rings is 1. The molecule has 0 fully saturated rings. The van der Waals surface area contributed by atoms with Gasteiger partial charge in [-0.05, 0) is 49.1 Å². The van der Waals surface area contributed by atoms with E-state index in [0.29, 0.717) is 22.3 Å². The summed E-state index contributed by atoms with van der Waals surface area (Å²) < 4.78 is 1.73. The molecule has 1 N–H and O–H groups in total. The van der Waals surface area contributed by atoms with Gasteiger partial charge in [0.2, 0.25) is 5.91 Å². The molecule has 2 heterocycles. The van der Waals surface area contributed by atoms with Crippen molar-refractivity contribution in [2.45, 2.75) is 30.8 Å². The van der Waals surface area contributed by atoms with Crippen LogP contribution in [0.5, 0.6) is 0 Å². The summed E-state index contributed by atoms with van der Waals surface area (Å²) >= 11 is 7.25. The van der Waals surface area contributed by atoms with Crippen molar-refractivity contribution in [2.24, 2.45) is 0 Å². The zero-order valence-corrected chi connectivity index (χ0v) is 17.2. The first-order valence-corrected chi connectivity index (χ1v) is 10.7. The second-order valence-corrected chi connectivity index (χ2v) is 8.17. The number of carbonyl (C=O) groups excluding carboxylic acids is 1. The Hall–Kier alpha value is -2.64. The summed E-state index contributed by atoms with van der Waals surface area (Å²) in [4.78, 5) is 33.4. The topological polar surface area (TPSA) is 76.9 Å². The van der Waals surface area contributed by atoms with Crippen LogP contribution in [-0.4, -0.2) is 26.2 Å². The summed E-state index contributed by atoms with van der Waals surface area (Å²) in [6.45, 7) is 0.461. The van der Waals surface area contributed by atoms with Crippen molar-refractivity contribution in [1.29, 1.82) is 0 Å². The average Bonchev–Trinajstić information content (AvgIpc) is 3.19. The molecule has 1 aliphatic rings. The average molecular weight is 427 g/mol. The van der Waals surface area contributed by atoms with Crippen LogP contribution in [0.4, 0.5) is 5.69 Å². The molecule has 0 saturated carbocycles. The monoisotopic (exact) mass is 426 g/mol. The molecule has 3 aromatic rings. The second-order valence-electron chi connectivity index (χ2n) is 6.77. The second kappa shape index (κ2) is 8.80. The van der Waals surface area contributed by atoms with Gasteiger partial charge in [0.15, 0.2) is 0 Å². The van der Waals surface area contributed by atoms with E-state index < -0.39 is 0 Å². The van der Waals surface area contributed by atoms with Gasteiger partial charge >= 0.3 is 5.69 Å². The van der Waals surface area contributed by atoms with Crippen LogP contribution < -0.4 is 11.0 Å². The number of rotatable bonds is 6. The third-order valence-corrected chi connectivity index (χ3v) is 5.97. The van der Waals surface area contributed by atoms with Crippen LogP contribution in [0.25, 0.3) is 0 Å². The number of amides is 1. The largest absolute Gasteiger partial charge is 0.349 e. The molecule has 8 heteroatoms. The predicted molar refractivity (Wildman–Crippen MR) is 115 cm³/mol. The summed E-state index contributed by atoms with van der Waals surface area (Å²) in [5.74, 6) is 0.0169. The maximum absolute atomic E-state index is 12.7. The van der Waals surface area contributed by atoms with Crippen molar-refractivity contribution >= 4 is 35.0 Å². The molecular weight excluding hydrogens is 408 g/mol. The van der Waals surface area contributed by atoms with Crippen LogP contribution in [0.2, 0.25) is 5.02 Å². The predicted octanol–water partition coefficient (Wildman–Crippen LogP) is 3.56. The Kier molecular flexibility index (Phi) is 5.97. The highest BCUT2D eigenvalue weighted by Gasteiger charge is 2.22. The lowest BCUT2D eigenvalue weighted by Crippen LogP contribution is -2.28. The molecule has 6 nitrogen and oxygen atoms in total. The summed E-state index contributed by atoms with van der Waals surface area (Å²) in [6.07, 6.45) is 6.17. The first-order valence-electron chi connectivity index (χ1n) is 9.30. The van der Waals surface area contributed by atoms with Crippen LogP contribution in [0.1, 0.15) is 23.2 Å². The number of pyridine rings is 1. The van der Waals surface area contributed by atoms with Gasteiger partial charge in [0.05, 0.1) is 12.3 Å². The number of carbonyl (C=O) groups is 1. The van der Waals surface area contributed by atoms with Crippen molar-refractivity contribution < 1.29 is 4.79 Å². The number of anilines is 1. The Balaban J connectivity index is 1.50. The minimum Gasteiger partial charge on any atom is -0.325 e. The van der Waals surface area contributed by atoms with E-state index in [-0.39, 0.29) is 17.3 Å². The molecule has 1 aliphatic carbocycles. The van der Waals surface area contributed by atoms with Crippen molar-refractivity contribution in [3.05, 3.63) is 81.1 Å². The first-order chi connectivity index (χ1) is 14.1.